The van der Waals surface area contributed by atoms with Crippen molar-refractivity contribution in [2.45, 2.75) is 46.2 Å². The van der Waals surface area contributed by atoms with Crippen LogP contribution in [-0.2, 0) is 16.1 Å². The molecule has 1 aromatic carbocycles. The fraction of sp³-hybridized carbons (Fsp3) is 0.500. The highest BCUT2D eigenvalue weighted by atomic mass is 16.2. The Balaban J connectivity index is 2.57. The van der Waals surface area contributed by atoms with Gasteiger partial charge in [0.2, 0.25) is 11.8 Å². The Kier molecular flexibility index (Phi) is 6.77. The largest absolute Gasteiger partial charge is 0.347 e. The molecule has 0 saturated heterocycles. The number of hydrogen-bond acceptors (Lipinski definition) is 2. The molecular formula is C16H24N2O2. The molecule has 0 aliphatic rings. The molecule has 1 N–H and O–H groups in total. The van der Waals surface area contributed by atoms with Gasteiger partial charge < -0.3 is 10.2 Å². The Morgan fingerprint density at radius 1 is 1.20 bits per heavy atom. The summed E-state index contributed by atoms with van der Waals surface area (Å²) in [7, 11) is 0. The first-order valence-corrected chi connectivity index (χ1v) is 7.14. The van der Waals surface area contributed by atoms with Crippen LogP contribution in [0.4, 0.5) is 0 Å². The average molecular weight is 276 g/mol. The molecule has 1 rings (SSSR count). The Morgan fingerprint density at radius 3 is 2.40 bits per heavy atom. The summed E-state index contributed by atoms with van der Waals surface area (Å²) in [5, 5.41) is 2.67. The zero-order valence-corrected chi connectivity index (χ0v) is 12.6. The van der Waals surface area contributed by atoms with Gasteiger partial charge in [-0.3, -0.25) is 9.59 Å². The number of nitrogens with one attached hydrogen (secondary N) is 1. The monoisotopic (exact) mass is 276 g/mol. The third-order valence-electron chi connectivity index (χ3n) is 3.05. The fourth-order valence-corrected chi connectivity index (χ4v) is 1.93. The maximum atomic E-state index is 12.2. The highest BCUT2D eigenvalue weighted by Gasteiger charge is 2.17. The lowest BCUT2D eigenvalue weighted by Gasteiger charge is -2.27. The number of carbonyl (C=O) groups excluding carboxylic acids is 2. The molecule has 2 amide bonds. The zero-order chi connectivity index (χ0) is 15.0. The molecule has 0 aliphatic carbocycles. The molecule has 0 radical (unpaired) electrons. The number of carbonyl (C=O) groups is 2. The van der Waals surface area contributed by atoms with Crippen LogP contribution in [0, 0.1) is 0 Å². The van der Waals surface area contributed by atoms with Crippen LogP contribution in [0.25, 0.3) is 0 Å². The minimum absolute atomic E-state index is 0.0479. The van der Waals surface area contributed by atoms with Crippen molar-refractivity contribution in [3.63, 3.8) is 0 Å². The smallest absolute Gasteiger partial charge is 0.242 e. The molecule has 4 nitrogen and oxygen atoms in total. The summed E-state index contributed by atoms with van der Waals surface area (Å²) in [6.07, 6.45) is 1.26. The molecule has 0 spiro atoms. The van der Waals surface area contributed by atoms with Gasteiger partial charge in [0, 0.05) is 19.0 Å². The molecule has 0 fully saturated rings. The van der Waals surface area contributed by atoms with Crippen LogP contribution in [0.15, 0.2) is 30.3 Å². The topological polar surface area (TPSA) is 49.4 Å². The van der Waals surface area contributed by atoms with Crippen LogP contribution >= 0.6 is 0 Å². The molecule has 0 saturated carbocycles. The van der Waals surface area contributed by atoms with Crippen molar-refractivity contribution in [2.24, 2.45) is 0 Å². The van der Waals surface area contributed by atoms with Crippen molar-refractivity contribution in [1.29, 1.82) is 0 Å². The summed E-state index contributed by atoms with van der Waals surface area (Å²) < 4.78 is 0. The molecule has 0 aliphatic heterocycles. The van der Waals surface area contributed by atoms with E-state index in [0.717, 1.165) is 12.0 Å². The first-order valence-electron chi connectivity index (χ1n) is 7.14. The lowest BCUT2D eigenvalue weighted by atomic mass is 10.2. The average Bonchev–Trinajstić information content (AvgIpc) is 2.43. The number of hydrogen-bond donors (Lipinski definition) is 1. The van der Waals surface area contributed by atoms with E-state index in [1.165, 1.54) is 0 Å². The molecule has 4 heteroatoms. The Bertz CT molecular complexity index is 429. The summed E-state index contributed by atoms with van der Waals surface area (Å²) in [6, 6.07) is 9.97. The van der Waals surface area contributed by atoms with Crippen molar-refractivity contribution >= 4 is 11.8 Å². The van der Waals surface area contributed by atoms with Crippen molar-refractivity contribution in [3.8, 4) is 0 Å². The second-order valence-corrected chi connectivity index (χ2v) is 5.13. The lowest BCUT2D eigenvalue weighted by Crippen LogP contribution is -2.43. The normalized spacial score (nSPS) is 10.4. The number of rotatable bonds is 7. The summed E-state index contributed by atoms with van der Waals surface area (Å²) in [4.78, 5) is 25.4. The molecule has 0 unspecified atom stereocenters. The first kappa shape index (κ1) is 16.2. The van der Waals surface area contributed by atoms with Crippen LogP contribution < -0.4 is 5.32 Å². The Morgan fingerprint density at radius 2 is 1.85 bits per heavy atom. The Labute approximate surface area is 121 Å². The first-order chi connectivity index (χ1) is 9.54. The van der Waals surface area contributed by atoms with E-state index in [1.54, 1.807) is 4.90 Å². The van der Waals surface area contributed by atoms with Crippen molar-refractivity contribution in [1.82, 2.24) is 10.2 Å². The molecular weight excluding hydrogens is 252 g/mol. The van der Waals surface area contributed by atoms with Crippen molar-refractivity contribution in [2.75, 3.05) is 6.54 Å². The maximum absolute atomic E-state index is 12.2. The third-order valence-corrected chi connectivity index (χ3v) is 3.05. The van der Waals surface area contributed by atoms with Gasteiger partial charge in [-0.25, -0.2) is 0 Å². The van der Waals surface area contributed by atoms with E-state index in [9.17, 15) is 9.59 Å². The second-order valence-electron chi connectivity index (χ2n) is 5.13. The Hall–Kier alpha value is -1.84. The standard InChI is InChI=1S/C16H24N2O2/c1-4-8-15(19)17-11-16(20)18(13(2)3)12-14-9-6-5-7-10-14/h5-7,9-10,13H,4,8,11-12H2,1-3H3,(H,17,19). The summed E-state index contributed by atoms with van der Waals surface area (Å²) in [5.74, 6) is -0.113. The van der Waals surface area contributed by atoms with Gasteiger partial charge in [0.05, 0.1) is 6.54 Å². The van der Waals surface area contributed by atoms with Gasteiger partial charge in [-0.2, -0.15) is 0 Å². The highest BCUT2D eigenvalue weighted by Crippen LogP contribution is 2.08. The number of amides is 2. The van der Waals surface area contributed by atoms with Crippen LogP contribution in [0.1, 0.15) is 39.2 Å². The molecule has 0 aromatic heterocycles. The molecule has 20 heavy (non-hydrogen) atoms. The molecule has 110 valence electrons. The second kappa shape index (κ2) is 8.35. The van der Waals surface area contributed by atoms with E-state index in [0.29, 0.717) is 13.0 Å². The van der Waals surface area contributed by atoms with Crippen LogP contribution in [0.3, 0.4) is 0 Å². The number of benzene rings is 1. The molecule has 0 atom stereocenters. The van der Waals surface area contributed by atoms with Gasteiger partial charge in [0.1, 0.15) is 0 Å². The van der Waals surface area contributed by atoms with Gasteiger partial charge >= 0.3 is 0 Å². The zero-order valence-electron chi connectivity index (χ0n) is 12.6. The van der Waals surface area contributed by atoms with Crippen molar-refractivity contribution < 1.29 is 9.59 Å². The predicted molar refractivity (Wildman–Crippen MR) is 80.0 cm³/mol. The fourth-order valence-electron chi connectivity index (χ4n) is 1.93. The predicted octanol–water partition coefficient (Wildman–Crippen LogP) is 2.34. The van der Waals surface area contributed by atoms with E-state index in [1.807, 2.05) is 51.1 Å². The SMILES string of the molecule is CCCC(=O)NCC(=O)N(Cc1ccccc1)C(C)C. The van der Waals surface area contributed by atoms with E-state index >= 15 is 0 Å². The van der Waals surface area contributed by atoms with Gasteiger partial charge in [0.15, 0.2) is 0 Å². The van der Waals surface area contributed by atoms with Crippen LogP contribution in [-0.4, -0.2) is 29.3 Å². The minimum atomic E-state index is -0.0655. The van der Waals surface area contributed by atoms with Crippen LogP contribution in [0.2, 0.25) is 0 Å². The number of nitrogens with zero attached hydrogens (tertiary/aromatic N) is 1. The minimum Gasteiger partial charge on any atom is -0.347 e. The highest BCUT2D eigenvalue weighted by molar-refractivity contribution is 5.84. The third kappa shape index (κ3) is 5.43. The lowest BCUT2D eigenvalue weighted by molar-refractivity contribution is -0.134. The summed E-state index contributed by atoms with van der Waals surface area (Å²) >= 11 is 0. The quantitative estimate of drug-likeness (QED) is 0.831. The van der Waals surface area contributed by atoms with E-state index in [-0.39, 0.29) is 24.4 Å². The van der Waals surface area contributed by atoms with E-state index < -0.39 is 0 Å². The summed E-state index contributed by atoms with van der Waals surface area (Å²) in [6.45, 7) is 6.55. The summed E-state index contributed by atoms with van der Waals surface area (Å²) in [5.41, 5.74) is 1.09. The van der Waals surface area contributed by atoms with E-state index in [4.69, 9.17) is 0 Å². The van der Waals surface area contributed by atoms with Gasteiger partial charge in [-0.1, -0.05) is 37.3 Å². The van der Waals surface area contributed by atoms with Gasteiger partial charge in [-0.05, 0) is 25.8 Å². The van der Waals surface area contributed by atoms with Crippen LogP contribution in [0.5, 0.6) is 0 Å². The molecule has 0 bridgehead atoms. The van der Waals surface area contributed by atoms with Crippen molar-refractivity contribution in [3.05, 3.63) is 35.9 Å². The van der Waals surface area contributed by atoms with Gasteiger partial charge in [-0.15, -0.1) is 0 Å². The molecule has 1 aromatic rings. The van der Waals surface area contributed by atoms with E-state index in [2.05, 4.69) is 5.32 Å². The molecule has 0 heterocycles. The maximum Gasteiger partial charge on any atom is 0.242 e. The van der Waals surface area contributed by atoms with Gasteiger partial charge in [0.25, 0.3) is 0 Å².